The second-order valence-corrected chi connectivity index (χ2v) is 8.92. The number of aromatic nitrogens is 3. The molecule has 1 aliphatic heterocycles. The maximum atomic E-state index is 12.5. The van der Waals surface area contributed by atoms with Crippen LogP contribution in [0.2, 0.25) is 0 Å². The quantitative estimate of drug-likeness (QED) is 0.417. The molecule has 168 valence electrons. The fourth-order valence-corrected chi connectivity index (χ4v) is 4.72. The van der Waals surface area contributed by atoms with Gasteiger partial charge in [-0.15, -0.1) is 10.2 Å². The lowest BCUT2D eigenvalue weighted by Gasteiger charge is -2.32. The van der Waals surface area contributed by atoms with Gasteiger partial charge in [0, 0.05) is 49.1 Å². The lowest BCUT2D eigenvalue weighted by molar-refractivity contribution is -0.132. The van der Waals surface area contributed by atoms with Crippen LogP contribution in [0.4, 0.5) is 0 Å². The van der Waals surface area contributed by atoms with E-state index in [9.17, 15) is 4.79 Å². The number of amides is 1. The van der Waals surface area contributed by atoms with Gasteiger partial charge in [-0.2, -0.15) is 0 Å². The third-order valence-electron chi connectivity index (χ3n) is 5.46. The zero-order valence-electron chi connectivity index (χ0n) is 18.5. The Bertz CT molecular complexity index is 1040. The lowest BCUT2D eigenvalue weighted by atomic mass is 10.2. The predicted molar refractivity (Wildman–Crippen MR) is 127 cm³/mol. The molecule has 3 aromatic rings. The van der Waals surface area contributed by atoms with Crippen molar-refractivity contribution in [1.82, 2.24) is 25.0 Å². The molecule has 2 heterocycles. The number of benzene rings is 2. The number of para-hydroxylation sites is 1. The Labute approximate surface area is 193 Å². The number of hydrogen-bond acceptors (Lipinski definition) is 6. The minimum atomic E-state index is 0.237. The van der Waals surface area contributed by atoms with Gasteiger partial charge in [-0.25, -0.2) is 0 Å². The van der Waals surface area contributed by atoms with E-state index in [1.165, 1.54) is 0 Å². The molecule has 1 saturated heterocycles. The van der Waals surface area contributed by atoms with Crippen LogP contribution >= 0.6 is 11.8 Å². The molecule has 0 aliphatic carbocycles. The van der Waals surface area contributed by atoms with Crippen LogP contribution in [-0.4, -0.2) is 64.1 Å². The van der Waals surface area contributed by atoms with E-state index in [1.54, 1.807) is 18.9 Å². The number of rotatable bonds is 8. The number of nitrogens with zero attached hydrogens (tertiary/aromatic N) is 4. The van der Waals surface area contributed by atoms with E-state index < -0.39 is 0 Å². The third kappa shape index (κ3) is 5.31. The van der Waals surface area contributed by atoms with Gasteiger partial charge in [0.05, 0.1) is 7.11 Å². The van der Waals surface area contributed by atoms with E-state index in [1.807, 2.05) is 59.5 Å². The highest BCUT2D eigenvalue weighted by Crippen LogP contribution is 2.30. The predicted octanol–water partition coefficient (Wildman–Crippen LogP) is 3.64. The first-order valence-corrected chi connectivity index (χ1v) is 11.9. The van der Waals surface area contributed by atoms with Crippen molar-refractivity contribution in [3.8, 4) is 22.8 Å². The maximum Gasteiger partial charge on any atom is 0.222 e. The number of methoxy groups -OCH3 is 1. The van der Waals surface area contributed by atoms with Crippen LogP contribution in [0.5, 0.6) is 5.75 Å². The van der Waals surface area contributed by atoms with Crippen molar-refractivity contribution in [3.05, 3.63) is 54.6 Å². The summed E-state index contributed by atoms with van der Waals surface area (Å²) < 4.78 is 7.45. The number of nitrogens with one attached hydrogen (secondary N) is 1. The number of piperazine rings is 1. The first-order valence-electron chi connectivity index (χ1n) is 10.9. The Morgan fingerprint density at radius 3 is 2.81 bits per heavy atom. The van der Waals surface area contributed by atoms with Crippen LogP contribution in [-0.2, 0) is 4.79 Å². The van der Waals surface area contributed by atoms with Crippen molar-refractivity contribution < 1.29 is 9.53 Å². The van der Waals surface area contributed by atoms with Crippen LogP contribution in [0.1, 0.15) is 19.8 Å². The molecule has 1 aliphatic rings. The van der Waals surface area contributed by atoms with Gasteiger partial charge in [0.1, 0.15) is 5.75 Å². The van der Waals surface area contributed by atoms with Crippen LogP contribution in [0.25, 0.3) is 17.1 Å². The average molecular weight is 452 g/mol. The highest BCUT2D eigenvalue weighted by molar-refractivity contribution is 7.99. The van der Waals surface area contributed by atoms with Gasteiger partial charge in [0.2, 0.25) is 5.91 Å². The zero-order valence-corrected chi connectivity index (χ0v) is 19.3. The Morgan fingerprint density at radius 2 is 2.03 bits per heavy atom. The van der Waals surface area contributed by atoms with E-state index in [0.717, 1.165) is 59.8 Å². The van der Waals surface area contributed by atoms with Crippen LogP contribution in [0, 0.1) is 0 Å². The molecule has 0 bridgehead atoms. The van der Waals surface area contributed by atoms with Crippen LogP contribution in [0.15, 0.2) is 59.8 Å². The number of ether oxygens (including phenoxy) is 1. The molecule has 7 nitrogen and oxygen atoms in total. The summed E-state index contributed by atoms with van der Waals surface area (Å²) in [4.78, 5) is 14.5. The lowest BCUT2D eigenvalue weighted by Crippen LogP contribution is -2.51. The van der Waals surface area contributed by atoms with Gasteiger partial charge < -0.3 is 15.0 Å². The Hall–Kier alpha value is -2.84. The van der Waals surface area contributed by atoms with Gasteiger partial charge >= 0.3 is 0 Å². The molecule has 1 aromatic heterocycles. The highest BCUT2D eigenvalue weighted by Gasteiger charge is 2.20. The standard InChI is InChI=1S/C24H29N5O2S/c1-18-17-28(14-13-25-18)22(30)12-7-15-32-24-27-26-23(19-8-6-11-21(16-19)31-2)29(24)20-9-4-3-5-10-20/h3-6,8-11,16,18,25H,7,12-15,17H2,1-2H3. The van der Waals surface area contributed by atoms with Gasteiger partial charge in [-0.3, -0.25) is 9.36 Å². The Morgan fingerprint density at radius 1 is 1.19 bits per heavy atom. The molecule has 32 heavy (non-hydrogen) atoms. The average Bonchev–Trinajstić information content (AvgIpc) is 3.26. The molecule has 2 aromatic carbocycles. The summed E-state index contributed by atoms with van der Waals surface area (Å²) in [7, 11) is 1.66. The summed E-state index contributed by atoms with van der Waals surface area (Å²) in [6.07, 6.45) is 1.36. The number of hydrogen-bond donors (Lipinski definition) is 1. The molecular formula is C24H29N5O2S. The topological polar surface area (TPSA) is 72.3 Å². The zero-order chi connectivity index (χ0) is 22.3. The molecule has 1 fully saturated rings. The molecule has 1 amide bonds. The van der Waals surface area contributed by atoms with Gasteiger partial charge in [0.25, 0.3) is 0 Å². The summed E-state index contributed by atoms with van der Waals surface area (Å²) in [5, 5.41) is 13.2. The largest absolute Gasteiger partial charge is 0.497 e. The minimum Gasteiger partial charge on any atom is -0.497 e. The molecule has 0 spiro atoms. The normalized spacial score (nSPS) is 16.2. The second-order valence-electron chi connectivity index (χ2n) is 7.86. The summed E-state index contributed by atoms with van der Waals surface area (Å²) in [5.74, 6) is 2.58. The molecule has 1 unspecified atom stereocenters. The third-order valence-corrected chi connectivity index (χ3v) is 6.48. The molecule has 4 rings (SSSR count). The summed E-state index contributed by atoms with van der Waals surface area (Å²) in [6.45, 7) is 4.57. The first kappa shape index (κ1) is 22.4. The Kier molecular flexibility index (Phi) is 7.44. The first-order chi connectivity index (χ1) is 15.7. The molecule has 1 atom stereocenters. The second kappa shape index (κ2) is 10.7. The minimum absolute atomic E-state index is 0.237. The van der Waals surface area contributed by atoms with E-state index >= 15 is 0 Å². The van der Waals surface area contributed by atoms with E-state index in [2.05, 4.69) is 27.0 Å². The molecule has 1 N–H and O–H groups in total. The SMILES string of the molecule is COc1cccc(-c2nnc(SCCCC(=O)N3CCNC(C)C3)n2-c2ccccc2)c1. The molecular weight excluding hydrogens is 422 g/mol. The van der Waals surface area contributed by atoms with Crippen LogP contribution < -0.4 is 10.1 Å². The van der Waals surface area contributed by atoms with E-state index in [0.29, 0.717) is 12.5 Å². The summed E-state index contributed by atoms with van der Waals surface area (Å²) >= 11 is 1.63. The molecule has 0 saturated carbocycles. The maximum absolute atomic E-state index is 12.5. The van der Waals surface area contributed by atoms with Gasteiger partial charge in [-0.05, 0) is 37.6 Å². The number of carbonyl (C=O) groups is 1. The summed E-state index contributed by atoms with van der Waals surface area (Å²) in [5.41, 5.74) is 1.94. The van der Waals surface area contributed by atoms with Crippen molar-refractivity contribution >= 4 is 17.7 Å². The van der Waals surface area contributed by atoms with Crippen LogP contribution in [0.3, 0.4) is 0 Å². The molecule has 0 radical (unpaired) electrons. The van der Waals surface area contributed by atoms with Crippen molar-refractivity contribution in [2.24, 2.45) is 0 Å². The molecule has 8 heteroatoms. The fraction of sp³-hybridized carbons (Fsp3) is 0.375. The van der Waals surface area contributed by atoms with Crippen molar-refractivity contribution in [1.29, 1.82) is 0 Å². The number of carbonyl (C=O) groups excluding carboxylic acids is 1. The highest BCUT2D eigenvalue weighted by atomic mass is 32.2. The summed E-state index contributed by atoms with van der Waals surface area (Å²) in [6, 6.07) is 18.3. The monoisotopic (exact) mass is 451 g/mol. The number of thioether (sulfide) groups is 1. The van der Waals surface area contributed by atoms with E-state index in [-0.39, 0.29) is 5.91 Å². The van der Waals surface area contributed by atoms with Crippen molar-refractivity contribution in [2.75, 3.05) is 32.5 Å². The van der Waals surface area contributed by atoms with Gasteiger partial charge in [0.15, 0.2) is 11.0 Å². The smallest absolute Gasteiger partial charge is 0.222 e. The fourth-order valence-electron chi connectivity index (χ4n) is 3.83. The van der Waals surface area contributed by atoms with Gasteiger partial charge in [-0.1, -0.05) is 42.1 Å². The Balaban J connectivity index is 1.46. The van der Waals surface area contributed by atoms with Crippen molar-refractivity contribution in [2.45, 2.75) is 31.0 Å². The van der Waals surface area contributed by atoms with Crippen molar-refractivity contribution in [3.63, 3.8) is 0 Å². The van der Waals surface area contributed by atoms with E-state index in [4.69, 9.17) is 4.74 Å².